The van der Waals surface area contributed by atoms with Crippen molar-refractivity contribution in [2.45, 2.75) is 32.1 Å². The third-order valence-electron chi connectivity index (χ3n) is 12.1. The topological polar surface area (TPSA) is 9.86 Å². The zero-order valence-electron chi connectivity index (χ0n) is 30.0. The molecule has 0 amide bonds. The van der Waals surface area contributed by atoms with Gasteiger partial charge in [0.1, 0.15) is 0 Å². The lowest BCUT2D eigenvalue weighted by Crippen LogP contribution is -2.15. The Kier molecular flexibility index (Phi) is 6.46. The molecule has 0 radical (unpaired) electrons. The van der Waals surface area contributed by atoms with E-state index in [-0.39, 0.29) is 5.41 Å². The Bertz CT molecular complexity index is 3020. The fourth-order valence-corrected chi connectivity index (χ4v) is 9.43. The summed E-state index contributed by atoms with van der Waals surface area (Å²) in [6, 6.07) is 58.6. The summed E-state index contributed by atoms with van der Waals surface area (Å²) in [5, 5.41) is 5.14. The average Bonchev–Trinajstić information content (AvgIpc) is 3.81. The van der Waals surface area contributed by atoms with E-state index in [9.17, 15) is 0 Å². The second-order valence-corrected chi connectivity index (χ2v) is 15.3. The number of allylic oxidation sites excluding steroid dienone is 4. The number of fused-ring (bicyclic) bond motifs is 9. The zero-order valence-corrected chi connectivity index (χ0v) is 30.0. The van der Waals surface area contributed by atoms with Gasteiger partial charge >= 0.3 is 0 Å². The minimum atomic E-state index is -0.0525. The normalized spacial score (nSPS) is 14.8. The maximum atomic E-state index is 2.50. The van der Waals surface area contributed by atoms with Crippen molar-refractivity contribution in [2.24, 2.45) is 0 Å². The van der Waals surface area contributed by atoms with E-state index in [1.807, 2.05) is 0 Å². The third kappa shape index (κ3) is 4.45. The maximum Gasteiger partial charge on any atom is 0.0544 e. The lowest BCUT2D eigenvalue weighted by molar-refractivity contribution is 0.660. The van der Waals surface area contributed by atoms with E-state index in [4.69, 9.17) is 0 Å². The van der Waals surface area contributed by atoms with Gasteiger partial charge in [-0.3, -0.25) is 0 Å². The molecule has 0 unspecified atom stereocenters. The molecule has 0 saturated heterocycles. The molecular formula is C51H38N2. The molecule has 0 spiro atoms. The first kappa shape index (κ1) is 30.3. The van der Waals surface area contributed by atoms with Crippen LogP contribution in [0.2, 0.25) is 0 Å². The Labute approximate surface area is 309 Å². The van der Waals surface area contributed by atoms with Crippen LogP contribution in [0.3, 0.4) is 0 Å². The summed E-state index contributed by atoms with van der Waals surface area (Å²) in [4.78, 5) is 0. The molecule has 53 heavy (non-hydrogen) atoms. The molecule has 0 aliphatic heterocycles. The first-order valence-electron chi connectivity index (χ1n) is 18.8. The SMILES string of the molecule is CC1(C)c2ccccc2-c2ccc(-n3c4ccccc4c4cc(-c5ccc6c7ccccc7n(C7=CC=C(c8ccccc8)CC7)c6c5)ccc43)cc21. The number of aromatic nitrogens is 2. The highest BCUT2D eigenvalue weighted by molar-refractivity contribution is 6.13. The molecule has 2 aliphatic rings. The van der Waals surface area contributed by atoms with Crippen LogP contribution in [0.25, 0.3) is 82.8 Å². The van der Waals surface area contributed by atoms with Gasteiger partial charge in [0.2, 0.25) is 0 Å². The molecule has 252 valence electrons. The van der Waals surface area contributed by atoms with E-state index >= 15 is 0 Å². The van der Waals surface area contributed by atoms with Crippen LogP contribution in [0.1, 0.15) is 43.4 Å². The molecule has 2 aliphatic carbocycles. The van der Waals surface area contributed by atoms with Gasteiger partial charge in [-0.25, -0.2) is 0 Å². The fourth-order valence-electron chi connectivity index (χ4n) is 9.43. The van der Waals surface area contributed by atoms with Crippen molar-refractivity contribution in [1.29, 1.82) is 0 Å². The molecule has 0 N–H and O–H groups in total. The highest BCUT2D eigenvalue weighted by atomic mass is 15.0. The molecule has 0 fully saturated rings. The summed E-state index contributed by atoms with van der Waals surface area (Å²) in [6.45, 7) is 4.72. The molecule has 9 aromatic rings. The van der Waals surface area contributed by atoms with Crippen LogP contribution in [0.5, 0.6) is 0 Å². The van der Waals surface area contributed by atoms with E-state index < -0.39 is 0 Å². The van der Waals surface area contributed by atoms with Gasteiger partial charge in [-0.15, -0.1) is 0 Å². The van der Waals surface area contributed by atoms with Gasteiger partial charge in [-0.2, -0.15) is 0 Å². The standard InChI is InChI=1S/C51H38N2/c1-51(2)45-17-9-6-14-39(45)40-28-26-38(32-46(40)51)53-48-19-11-8-16-42(48)44-30-35(23-29-49(44)53)36-22-27-43-41-15-7-10-18-47(41)52(50(43)31-36)37-24-20-34(21-25-37)33-12-4-3-5-13-33/h3-20,22-24,26-32H,21,25H2,1-2H3. The van der Waals surface area contributed by atoms with Gasteiger partial charge in [-0.1, -0.05) is 135 Å². The van der Waals surface area contributed by atoms with Crippen LogP contribution in [0.4, 0.5) is 0 Å². The summed E-state index contributed by atoms with van der Waals surface area (Å²) in [5.74, 6) is 0. The number of rotatable bonds is 4. The second kappa shape index (κ2) is 11.3. The number of hydrogen-bond donors (Lipinski definition) is 0. The molecule has 11 rings (SSSR count). The van der Waals surface area contributed by atoms with E-state index in [1.165, 1.54) is 99.5 Å². The Morgan fingerprint density at radius 3 is 1.87 bits per heavy atom. The average molecular weight is 679 g/mol. The first-order valence-corrected chi connectivity index (χ1v) is 18.8. The van der Waals surface area contributed by atoms with Crippen molar-refractivity contribution < 1.29 is 0 Å². The van der Waals surface area contributed by atoms with Crippen LogP contribution in [0.15, 0.2) is 170 Å². The monoisotopic (exact) mass is 678 g/mol. The first-order chi connectivity index (χ1) is 26.0. The Hall–Kier alpha value is -6.38. The molecule has 2 heterocycles. The number of hydrogen-bond acceptors (Lipinski definition) is 0. The van der Waals surface area contributed by atoms with Crippen LogP contribution in [-0.2, 0) is 5.41 Å². The summed E-state index contributed by atoms with van der Waals surface area (Å²) >= 11 is 0. The van der Waals surface area contributed by atoms with Gasteiger partial charge in [0, 0.05) is 38.3 Å². The van der Waals surface area contributed by atoms with E-state index in [2.05, 4.69) is 193 Å². The fraction of sp³-hybridized carbons (Fsp3) is 0.0980. The Morgan fingerprint density at radius 1 is 0.415 bits per heavy atom. The number of nitrogens with zero attached hydrogens (tertiary/aromatic N) is 2. The lowest BCUT2D eigenvalue weighted by Gasteiger charge is -2.22. The molecule has 0 atom stereocenters. The number of para-hydroxylation sites is 2. The summed E-state index contributed by atoms with van der Waals surface area (Å²) in [6.07, 6.45) is 6.68. The molecule has 2 nitrogen and oxygen atoms in total. The van der Waals surface area contributed by atoms with Crippen LogP contribution >= 0.6 is 0 Å². The quantitative estimate of drug-likeness (QED) is 0.175. The highest BCUT2D eigenvalue weighted by Crippen LogP contribution is 2.49. The third-order valence-corrected chi connectivity index (χ3v) is 12.1. The minimum Gasteiger partial charge on any atom is -0.313 e. The molecule has 7 aromatic carbocycles. The van der Waals surface area contributed by atoms with Crippen LogP contribution < -0.4 is 0 Å². The van der Waals surface area contributed by atoms with Crippen molar-refractivity contribution in [3.05, 3.63) is 187 Å². The zero-order chi connectivity index (χ0) is 35.3. The van der Waals surface area contributed by atoms with Gasteiger partial charge in [0.25, 0.3) is 0 Å². The van der Waals surface area contributed by atoms with Gasteiger partial charge in [-0.05, 0) is 106 Å². The van der Waals surface area contributed by atoms with Gasteiger partial charge in [0.15, 0.2) is 0 Å². The molecular weight excluding hydrogens is 641 g/mol. The van der Waals surface area contributed by atoms with E-state index in [1.54, 1.807) is 0 Å². The van der Waals surface area contributed by atoms with E-state index in [0.717, 1.165) is 12.8 Å². The summed E-state index contributed by atoms with van der Waals surface area (Å²) in [5.41, 5.74) is 18.2. The molecule has 0 saturated carbocycles. The molecule has 0 bridgehead atoms. The highest BCUT2D eigenvalue weighted by Gasteiger charge is 2.35. The summed E-state index contributed by atoms with van der Waals surface area (Å²) < 4.78 is 4.96. The second-order valence-electron chi connectivity index (χ2n) is 15.3. The Balaban J connectivity index is 1.05. The smallest absolute Gasteiger partial charge is 0.0544 e. The Morgan fingerprint density at radius 2 is 1.06 bits per heavy atom. The van der Waals surface area contributed by atoms with Gasteiger partial charge < -0.3 is 9.13 Å². The van der Waals surface area contributed by atoms with Crippen molar-refractivity contribution in [2.75, 3.05) is 0 Å². The van der Waals surface area contributed by atoms with Crippen LogP contribution in [0, 0.1) is 0 Å². The molecule has 2 aromatic heterocycles. The molecule has 2 heteroatoms. The largest absolute Gasteiger partial charge is 0.313 e. The minimum absolute atomic E-state index is 0.0525. The number of benzene rings is 7. The predicted molar refractivity (Wildman–Crippen MR) is 225 cm³/mol. The van der Waals surface area contributed by atoms with Crippen molar-refractivity contribution in [1.82, 2.24) is 9.13 Å². The van der Waals surface area contributed by atoms with E-state index in [0.29, 0.717) is 0 Å². The predicted octanol–water partition coefficient (Wildman–Crippen LogP) is 13.6. The van der Waals surface area contributed by atoms with Crippen LogP contribution in [-0.4, -0.2) is 9.13 Å². The van der Waals surface area contributed by atoms with Gasteiger partial charge in [0.05, 0.1) is 22.1 Å². The summed E-state index contributed by atoms with van der Waals surface area (Å²) in [7, 11) is 0. The van der Waals surface area contributed by atoms with Crippen molar-refractivity contribution in [3.63, 3.8) is 0 Å². The lowest BCUT2D eigenvalue weighted by atomic mass is 9.82. The van der Waals surface area contributed by atoms with Crippen molar-refractivity contribution >= 4 is 54.9 Å². The maximum absolute atomic E-state index is 2.50. The van der Waals surface area contributed by atoms with Crippen molar-refractivity contribution in [3.8, 4) is 27.9 Å².